The zero-order chi connectivity index (χ0) is 65.7. The molecule has 3 amide bonds. The van der Waals surface area contributed by atoms with Crippen LogP contribution in [0.3, 0.4) is 0 Å². The number of hydrogen-bond acceptors (Lipinski definition) is 18. The van der Waals surface area contributed by atoms with Gasteiger partial charge < -0.3 is 69.6 Å². The number of nitrogens with two attached hydrogens (primary N) is 1. The van der Waals surface area contributed by atoms with Crippen LogP contribution < -0.4 is 21.7 Å². The number of esters is 2. The summed E-state index contributed by atoms with van der Waals surface area (Å²) in [7, 11) is 3.36. The van der Waals surface area contributed by atoms with E-state index in [0.29, 0.717) is 24.3 Å². The number of rotatable bonds is 31. The summed E-state index contributed by atoms with van der Waals surface area (Å²) < 4.78 is 68.9. The van der Waals surface area contributed by atoms with Crippen molar-refractivity contribution in [2.75, 3.05) is 53.7 Å². The van der Waals surface area contributed by atoms with Crippen LogP contribution in [-0.4, -0.2) is 131 Å². The smallest absolute Gasteiger partial charge is 0.475 e. The quantitative estimate of drug-likeness (QED) is 0.00781. The number of amides is 3. The van der Waals surface area contributed by atoms with E-state index < -0.39 is 72.6 Å². The molecular formula is C63H87F3N6O16. The molecule has 6 N–H and O–H groups in total. The predicted molar refractivity (Wildman–Crippen MR) is 323 cm³/mol. The molecule has 25 heteroatoms. The van der Waals surface area contributed by atoms with Gasteiger partial charge in [0.2, 0.25) is 0 Å². The van der Waals surface area contributed by atoms with E-state index in [-0.39, 0.29) is 38.1 Å². The number of carbonyl (C=O) groups excluding carboxylic acids is 5. The molecule has 486 valence electrons. The van der Waals surface area contributed by atoms with Crippen LogP contribution in [0.15, 0.2) is 120 Å². The number of aliphatic carboxylic acids is 1. The lowest BCUT2D eigenvalue weighted by atomic mass is 10.0. The highest BCUT2D eigenvalue weighted by atomic mass is 19.4. The number of oxime groups is 2. The van der Waals surface area contributed by atoms with Gasteiger partial charge in [-0.05, 0) is 95.4 Å². The molecule has 0 spiro atoms. The fraction of sp³-hybridized carbons (Fsp3) is 0.492. The molecule has 4 atom stereocenters. The highest BCUT2D eigenvalue weighted by Gasteiger charge is 2.38. The fourth-order valence-corrected chi connectivity index (χ4v) is 7.10. The van der Waals surface area contributed by atoms with Crippen molar-refractivity contribution in [3.05, 3.63) is 143 Å². The van der Waals surface area contributed by atoms with Crippen molar-refractivity contribution in [2.24, 2.45) is 27.9 Å². The fourth-order valence-electron chi connectivity index (χ4n) is 7.10. The third-order valence-corrected chi connectivity index (χ3v) is 11.8. The standard InChI is InChI=1S/C33H47N3O8.C28H39N3O6.C2HF3O2/c1-23(2)30(42-29(37)28(26-13-9-8-10-14-26)35-32(39)44-33(4,5)6)43-31(38)34-20-22-41-36-27(15-11-12-21-40-7)25-18-16-24(3)17-19-25;1-20(2)27(36-26(32)25(29)23-10-6-5-7-11-23)37-28(33)30-17-19-35-31-24(12-8-9-18-34-4)22-15-13-21(3)14-16-22;3-2(4,5)1(6)7/h8-10,13-14,16-19,23,28,30H,11-12,15,20-22H2,1-7H3,(H,34,38)(H,35,39);5-7,10-11,13-16,20,25,27H,8-9,12,17-19,29H2,1-4H3,(H,30,33);(H,6,7)/b36-27+;31-24+;/t28-,30?;25-,27?;/m00./s1. The Labute approximate surface area is 513 Å². The van der Waals surface area contributed by atoms with Crippen molar-refractivity contribution >= 4 is 47.6 Å². The molecule has 0 aromatic heterocycles. The van der Waals surface area contributed by atoms with E-state index in [0.717, 1.165) is 66.6 Å². The third-order valence-electron chi connectivity index (χ3n) is 11.8. The molecule has 88 heavy (non-hydrogen) atoms. The molecule has 0 heterocycles. The Kier molecular flexibility index (Phi) is 35.3. The van der Waals surface area contributed by atoms with Crippen LogP contribution in [0.1, 0.15) is 132 Å². The highest BCUT2D eigenvalue weighted by Crippen LogP contribution is 2.21. The van der Waals surface area contributed by atoms with Gasteiger partial charge in [-0.1, -0.05) is 158 Å². The van der Waals surface area contributed by atoms with E-state index in [1.807, 2.05) is 68.4 Å². The second-order valence-electron chi connectivity index (χ2n) is 21.3. The Balaban J connectivity index is 0.000000546. The van der Waals surface area contributed by atoms with Crippen LogP contribution in [0.4, 0.5) is 27.6 Å². The number of ether oxygens (including phenoxy) is 7. The summed E-state index contributed by atoms with van der Waals surface area (Å²) in [6.45, 7) is 18.1. The Bertz CT molecular complexity index is 2750. The number of alkyl carbamates (subject to hydrolysis) is 3. The van der Waals surface area contributed by atoms with Crippen LogP contribution in [-0.2, 0) is 57.2 Å². The first-order valence-electron chi connectivity index (χ1n) is 28.6. The van der Waals surface area contributed by atoms with Gasteiger partial charge in [0.15, 0.2) is 6.04 Å². The number of carboxylic acids is 1. The van der Waals surface area contributed by atoms with Gasteiger partial charge in [-0.3, -0.25) is 0 Å². The normalized spacial score (nSPS) is 12.9. The van der Waals surface area contributed by atoms with Crippen LogP contribution in [0.2, 0.25) is 0 Å². The average molecular weight is 1240 g/mol. The van der Waals surface area contributed by atoms with Crippen molar-refractivity contribution in [1.29, 1.82) is 0 Å². The Morgan fingerprint density at radius 3 is 1.30 bits per heavy atom. The first-order chi connectivity index (χ1) is 41.6. The zero-order valence-corrected chi connectivity index (χ0v) is 52.0. The summed E-state index contributed by atoms with van der Waals surface area (Å²) in [6, 6.07) is 31.4. The van der Waals surface area contributed by atoms with Gasteiger partial charge in [-0.25, -0.2) is 28.8 Å². The molecule has 4 aromatic carbocycles. The van der Waals surface area contributed by atoms with Gasteiger partial charge in [0.05, 0.1) is 24.5 Å². The van der Waals surface area contributed by atoms with E-state index in [2.05, 4.69) is 26.3 Å². The van der Waals surface area contributed by atoms with Crippen LogP contribution >= 0.6 is 0 Å². The average Bonchev–Trinajstić information content (AvgIpc) is 3.42. The summed E-state index contributed by atoms with van der Waals surface area (Å²) in [5, 5.41) is 23.5. The van der Waals surface area contributed by atoms with Gasteiger partial charge in [-0.15, -0.1) is 0 Å². The summed E-state index contributed by atoms with van der Waals surface area (Å²) in [5.41, 5.74) is 12.2. The Morgan fingerprint density at radius 2 is 0.932 bits per heavy atom. The maximum absolute atomic E-state index is 13.2. The summed E-state index contributed by atoms with van der Waals surface area (Å²) in [5.74, 6) is -4.88. The summed E-state index contributed by atoms with van der Waals surface area (Å²) in [4.78, 5) is 82.8. The number of carboxylic acid groups (broad SMARTS) is 1. The van der Waals surface area contributed by atoms with Gasteiger partial charge in [0.25, 0.3) is 12.6 Å². The lowest BCUT2D eigenvalue weighted by Crippen LogP contribution is -2.41. The van der Waals surface area contributed by atoms with Crippen molar-refractivity contribution in [3.8, 4) is 0 Å². The minimum Gasteiger partial charge on any atom is -0.475 e. The molecule has 0 fully saturated rings. The SMILES string of the molecule is COCCCC/C(=N\OCCNC(=O)OC(OC(=O)[C@@H](N)c1ccccc1)C(C)C)c1ccc(C)cc1.COCCCC/C(=N\OCCNC(=O)OC(OC(=O)[C@@H](NC(=O)OC(C)(C)C)c1ccccc1)C(C)C)c1ccc(C)cc1.O=C(O)C(F)(F)F. The number of aryl methyl sites for hydroxylation is 2. The zero-order valence-electron chi connectivity index (χ0n) is 52.0. The molecule has 4 aromatic rings. The Morgan fingerprint density at radius 1 is 0.545 bits per heavy atom. The van der Waals surface area contributed by atoms with Gasteiger partial charge in [0, 0.05) is 39.3 Å². The number of nitrogens with one attached hydrogen (secondary N) is 3. The second-order valence-corrected chi connectivity index (χ2v) is 21.3. The Hall–Kier alpha value is -8.29. The number of hydrogen-bond donors (Lipinski definition) is 5. The van der Waals surface area contributed by atoms with Crippen LogP contribution in [0, 0.1) is 25.7 Å². The van der Waals surface area contributed by atoms with E-state index in [9.17, 15) is 37.1 Å². The first kappa shape index (κ1) is 75.8. The molecule has 22 nitrogen and oxygen atoms in total. The summed E-state index contributed by atoms with van der Waals surface area (Å²) in [6.07, 6.45) is -4.60. The highest BCUT2D eigenvalue weighted by molar-refractivity contribution is 6.00. The lowest BCUT2D eigenvalue weighted by molar-refractivity contribution is -0.192. The molecule has 0 bridgehead atoms. The van der Waals surface area contributed by atoms with E-state index >= 15 is 0 Å². The molecule has 0 saturated heterocycles. The molecule has 0 radical (unpaired) electrons. The van der Waals surface area contributed by atoms with E-state index in [4.69, 9.17) is 58.5 Å². The molecule has 0 aliphatic rings. The van der Waals surface area contributed by atoms with Gasteiger partial charge >= 0.3 is 42.4 Å². The molecule has 0 saturated carbocycles. The topological polar surface area (TPSA) is 293 Å². The molecule has 2 unspecified atom stereocenters. The van der Waals surface area contributed by atoms with Gasteiger partial charge in [0.1, 0.15) is 24.9 Å². The van der Waals surface area contributed by atoms with E-state index in [1.165, 1.54) is 5.56 Å². The number of benzene rings is 4. The number of methoxy groups -OCH3 is 2. The van der Waals surface area contributed by atoms with Crippen LogP contribution in [0.25, 0.3) is 0 Å². The summed E-state index contributed by atoms with van der Waals surface area (Å²) >= 11 is 0. The molecule has 0 aliphatic carbocycles. The minimum atomic E-state index is -5.08. The second kappa shape index (κ2) is 41.0. The number of halogens is 3. The number of alkyl halides is 3. The predicted octanol–water partition coefficient (Wildman–Crippen LogP) is 11.2. The van der Waals surface area contributed by atoms with Crippen LogP contribution in [0.5, 0.6) is 0 Å². The number of unbranched alkanes of at least 4 members (excludes halogenated alkanes) is 2. The first-order valence-corrected chi connectivity index (χ1v) is 28.6. The minimum absolute atomic E-state index is 0.102. The van der Waals surface area contributed by atoms with Crippen molar-refractivity contribution in [2.45, 2.75) is 137 Å². The maximum Gasteiger partial charge on any atom is 0.490 e. The van der Waals surface area contributed by atoms with Crippen molar-refractivity contribution < 1.29 is 89.9 Å². The lowest BCUT2D eigenvalue weighted by Gasteiger charge is -2.26. The maximum atomic E-state index is 13.2. The number of nitrogens with zero attached hydrogens (tertiary/aromatic N) is 2. The van der Waals surface area contributed by atoms with Crippen molar-refractivity contribution in [3.63, 3.8) is 0 Å². The number of carbonyl (C=O) groups is 6. The molecule has 0 aliphatic heterocycles. The largest absolute Gasteiger partial charge is 0.490 e. The third kappa shape index (κ3) is 32.4. The molecular weight excluding hydrogens is 1150 g/mol. The van der Waals surface area contributed by atoms with Gasteiger partial charge in [-0.2, -0.15) is 13.2 Å². The van der Waals surface area contributed by atoms with Crippen molar-refractivity contribution in [1.82, 2.24) is 16.0 Å². The molecule has 4 rings (SSSR count). The van der Waals surface area contributed by atoms with E-state index in [1.54, 1.807) is 117 Å². The monoisotopic (exact) mass is 1240 g/mol.